The maximum absolute atomic E-state index is 13.1. The van der Waals surface area contributed by atoms with Crippen molar-refractivity contribution in [3.05, 3.63) is 24.0 Å². The molecule has 22 heavy (non-hydrogen) atoms. The van der Waals surface area contributed by atoms with Gasteiger partial charge in [0.05, 0.1) is 12.3 Å². The third kappa shape index (κ3) is 3.80. The Bertz CT molecular complexity index is 654. The van der Waals surface area contributed by atoms with Crippen LogP contribution < -0.4 is 5.32 Å². The van der Waals surface area contributed by atoms with Crippen molar-refractivity contribution in [3.8, 4) is 0 Å². The van der Waals surface area contributed by atoms with Crippen LogP contribution in [0.25, 0.3) is 0 Å². The van der Waals surface area contributed by atoms with E-state index in [-0.39, 0.29) is 17.9 Å². The number of rotatable bonds is 4. The molecule has 0 unspecified atom stereocenters. The monoisotopic (exact) mass is 339 g/mol. The number of alkyl halides is 3. The number of carbonyl (C=O) groups is 1. The van der Waals surface area contributed by atoms with Gasteiger partial charge in [-0.2, -0.15) is 17.5 Å². The molecule has 1 aliphatic rings. The van der Waals surface area contributed by atoms with Crippen molar-refractivity contribution in [2.24, 2.45) is 7.05 Å². The van der Waals surface area contributed by atoms with E-state index >= 15 is 0 Å². The van der Waals surface area contributed by atoms with Crippen LogP contribution in [0.5, 0.6) is 0 Å². The first kappa shape index (κ1) is 16.8. The molecular formula is C12H16F3N3O3S. The number of nitrogens with zero attached hydrogens (tertiary/aromatic N) is 2. The summed E-state index contributed by atoms with van der Waals surface area (Å²) in [6, 6.07) is -0.906. The van der Waals surface area contributed by atoms with Gasteiger partial charge in [0.15, 0.2) is 6.04 Å². The molecule has 0 spiro atoms. The lowest BCUT2D eigenvalue weighted by Crippen LogP contribution is -2.43. The van der Waals surface area contributed by atoms with E-state index in [0.29, 0.717) is 6.42 Å². The lowest BCUT2D eigenvalue weighted by molar-refractivity contribution is -0.163. The minimum Gasteiger partial charge on any atom is -0.357 e. The summed E-state index contributed by atoms with van der Waals surface area (Å²) >= 11 is 0. The number of aryl methyl sites for hydroxylation is 1. The highest BCUT2D eigenvalue weighted by atomic mass is 32.2. The predicted molar refractivity (Wildman–Crippen MR) is 72.3 cm³/mol. The molecule has 0 aromatic carbocycles. The molecule has 1 amide bonds. The van der Waals surface area contributed by atoms with Crippen molar-refractivity contribution in [1.82, 2.24) is 14.2 Å². The van der Waals surface area contributed by atoms with Crippen LogP contribution >= 0.6 is 0 Å². The van der Waals surface area contributed by atoms with Gasteiger partial charge in [0.1, 0.15) is 0 Å². The summed E-state index contributed by atoms with van der Waals surface area (Å²) in [5.41, 5.74) is -0.104. The average molecular weight is 339 g/mol. The highest BCUT2D eigenvalue weighted by Gasteiger charge is 2.42. The summed E-state index contributed by atoms with van der Waals surface area (Å²) in [6.45, 7) is -0.445. The summed E-state index contributed by atoms with van der Waals surface area (Å²) in [4.78, 5) is 11.8. The van der Waals surface area contributed by atoms with E-state index in [1.807, 2.05) is 5.32 Å². The molecular weight excluding hydrogens is 323 g/mol. The van der Waals surface area contributed by atoms with E-state index in [9.17, 15) is 26.4 Å². The highest BCUT2D eigenvalue weighted by molar-refractivity contribution is 7.89. The summed E-state index contributed by atoms with van der Waals surface area (Å²) in [5.74, 6) is -1.06. The lowest BCUT2D eigenvalue weighted by Gasteiger charge is -2.22. The molecule has 0 aliphatic carbocycles. The average Bonchev–Trinajstić information content (AvgIpc) is 2.92. The maximum Gasteiger partial charge on any atom is 0.412 e. The third-order valence-electron chi connectivity index (χ3n) is 3.34. The molecule has 1 atom stereocenters. The summed E-state index contributed by atoms with van der Waals surface area (Å²) < 4.78 is 64.7. The van der Waals surface area contributed by atoms with Crippen molar-refractivity contribution in [2.75, 3.05) is 18.8 Å². The van der Waals surface area contributed by atoms with Crippen LogP contribution in [0.3, 0.4) is 0 Å². The normalized spacial score (nSPS) is 20.0. The minimum atomic E-state index is -4.67. The molecule has 6 nitrogen and oxygen atoms in total. The standard InChI is InChI=1S/C12H16F3N3O3S/c1-17-5-3-9(7-17)11(12(13,14)15)16-10(19)8-18-4-2-6-22(18,20)21/h3,5,7,11H,2,4,6,8H2,1H3,(H,16,19)/t11-/m1/s1. The molecule has 1 aromatic rings. The second kappa shape index (κ2) is 5.92. The van der Waals surface area contributed by atoms with Crippen molar-refractivity contribution < 1.29 is 26.4 Å². The van der Waals surface area contributed by atoms with Gasteiger partial charge in [-0.25, -0.2) is 8.42 Å². The van der Waals surface area contributed by atoms with E-state index in [1.165, 1.54) is 23.0 Å². The third-order valence-corrected chi connectivity index (χ3v) is 5.25. The summed E-state index contributed by atoms with van der Waals surface area (Å²) in [6.07, 6.45) is -1.60. The Morgan fingerprint density at radius 1 is 1.45 bits per heavy atom. The Morgan fingerprint density at radius 3 is 2.59 bits per heavy atom. The number of carbonyl (C=O) groups excluding carboxylic acids is 1. The van der Waals surface area contributed by atoms with Crippen LogP contribution in [0.4, 0.5) is 13.2 Å². The SMILES string of the molecule is Cn1ccc([C@@H](NC(=O)CN2CCCS2(=O)=O)C(F)(F)F)c1. The largest absolute Gasteiger partial charge is 0.412 e. The fraction of sp³-hybridized carbons (Fsp3) is 0.583. The minimum absolute atomic E-state index is 0.0817. The molecule has 1 N–H and O–H groups in total. The predicted octanol–water partition coefficient (Wildman–Crippen LogP) is 0.780. The van der Waals surface area contributed by atoms with Gasteiger partial charge in [-0.3, -0.25) is 4.79 Å². The zero-order valence-electron chi connectivity index (χ0n) is 11.8. The number of amides is 1. The van der Waals surface area contributed by atoms with Crippen LogP contribution in [0.1, 0.15) is 18.0 Å². The first-order chi connectivity index (χ1) is 10.1. The zero-order chi connectivity index (χ0) is 16.5. The molecule has 0 bridgehead atoms. The van der Waals surface area contributed by atoms with Gasteiger partial charge in [0.25, 0.3) is 0 Å². The number of hydrogen-bond donors (Lipinski definition) is 1. The molecule has 0 radical (unpaired) electrons. The van der Waals surface area contributed by atoms with E-state index < -0.39 is 34.7 Å². The Morgan fingerprint density at radius 2 is 2.14 bits per heavy atom. The summed E-state index contributed by atoms with van der Waals surface area (Å²) in [7, 11) is -1.96. The molecule has 1 aliphatic heterocycles. The van der Waals surface area contributed by atoms with Gasteiger partial charge in [0, 0.05) is 31.5 Å². The van der Waals surface area contributed by atoms with E-state index in [4.69, 9.17) is 0 Å². The van der Waals surface area contributed by atoms with Crippen LogP contribution in [0.15, 0.2) is 18.5 Å². The van der Waals surface area contributed by atoms with Gasteiger partial charge in [-0.05, 0) is 12.5 Å². The Kier molecular flexibility index (Phi) is 4.52. The molecule has 10 heteroatoms. The fourth-order valence-electron chi connectivity index (χ4n) is 2.29. The van der Waals surface area contributed by atoms with Gasteiger partial charge in [0.2, 0.25) is 15.9 Å². The fourth-order valence-corrected chi connectivity index (χ4v) is 3.76. The van der Waals surface area contributed by atoms with Gasteiger partial charge >= 0.3 is 6.18 Å². The second-order valence-electron chi connectivity index (χ2n) is 5.16. The Labute approximate surface area is 125 Å². The number of halogens is 3. The quantitative estimate of drug-likeness (QED) is 0.881. The number of nitrogens with one attached hydrogen (secondary N) is 1. The van der Waals surface area contributed by atoms with Crippen molar-refractivity contribution >= 4 is 15.9 Å². The molecule has 2 heterocycles. The van der Waals surface area contributed by atoms with Crippen LogP contribution in [0.2, 0.25) is 0 Å². The van der Waals surface area contributed by atoms with Crippen molar-refractivity contribution in [1.29, 1.82) is 0 Å². The van der Waals surface area contributed by atoms with E-state index in [2.05, 4.69) is 0 Å². The molecule has 2 rings (SSSR count). The van der Waals surface area contributed by atoms with Crippen molar-refractivity contribution in [3.63, 3.8) is 0 Å². The van der Waals surface area contributed by atoms with Crippen LogP contribution in [-0.2, 0) is 21.9 Å². The number of aromatic nitrogens is 1. The van der Waals surface area contributed by atoms with Crippen molar-refractivity contribution in [2.45, 2.75) is 18.6 Å². The highest BCUT2D eigenvalue weighted by Crippen LogP contribution is 2.32. The number of sulfonamides is 1. The molecule has 0 saturated carbocycles. The first-order valence-electron chi connectivity index (χ1n) is 6.55. The second-order valence-corrected chi connectivity index (χ2v) is 7.24. The van der Waals surface area contributed by atoms with Gasteiger partial charge in [-0.1, -0.05) is 0 Å². The first-order valence-corrected chi connectivity index (χ1v) is 8.16. The summed E-state index contributed by atoms with van der Waals surface area (Å²) in [5, 5.41) is 1.87. The lowest BCUT2D eigenvalue weighted by atomic mass is 10.1. The van der Waals surface area contributed by atoms with Gasteiger partial charge in [-0.15, -0.1) is 0 Å². The molecule has 1 aromatic heterocycles. The molecule has 1 fully saturated rings. The topological polar surface area (TPSA) is 71.4 Å². The Balaban J connectivity index is 2.09. The smallest absolute Gasteiger partial charge is 0.357 e. The number of hydrogen-bond acceptors (Lipinski definition) is 3. The van der Waals surface area contributed by atoms with Crippen LogP contribution in [0, 0.1) is 0 Å². The van der Waals surface area contributed by atoms with E-state index in [1.54, 1.807) is 7.05 Å². The Hall–Kier alpha value is -1.55. The van der Waals surface area contributed by atoms with Crippen LogP contribution in [-0.4, -0.2) is 48.2 Å². The maximum atomic E-state index is 13.1. The molecule has 1 saturated heterocycles. The zero-order valence-corrected chi connectivity index (χ0v) is 12.6. The molecule has 124 valence electrons. The van der Waals surface area contributed by atoms with Gasteiger partial charge < -0.3 is 9.88 Å². The van der Waals surface area contributed by atoms with E-state index in [0.717, 1.165) is 4.31 Å².